The molecule has 1 aliphatic rings. The molecule has 2 N–H and O–H groups in total. The normalized spacial score (nSPS) is 22.5. The van der Waals surface area contributed by atoms with Crippen LogP contribution in [-0.2, 0) is 0 Å². The Labute approximate surface area is 120 Å². The van der Waals surface area contributed by atoms with Crippen LogP contribution >= 0.6 is 0 Å². The zero-order valence-electron chi connectivity index (χ0n) is 12.2. The first-order chi connectivity index (χ1) is 9.51. The van der Waals surface area contributed by atoms with Crippen molar-refractivity contribution in [3.63, 3.8) is 0 Å². The van der Waals surface area contributed by atoms with E-state index in [1.54, 1.807) is 11.9 Å². The van der Waals surface area contributed by atoms with Crippen LogP contribution in [0.15, 0.2) is 18.2 Å². The first kappa shape index (κ1) is 14.7. The molecule has 1 aliphatic carbocycles. The van der Waals surface area contributed by atoms with Crippen molar-refractivity contribution in [1.82, 2.24) is 4.90 Å². The minimum atomic E-state index is -0.142. The lowest BCUT2D eigenvalue weighted by molar-refractivity contribution is 0.0674. The van der Waals surface area contributed by atoms with Gasteiger partial charge in [0.1, 0.15) is 11.5 Å². The van der Waals surface area contributed by atoms with Crippen LogP contribution < -0.4 is 0 Å². The standard InChI is InChI=1S/C16H23NO3/c1-3-11-4-6-13(7-5-11)17(2)16(20)12-8-14(18)10-15(19)9-12/h8-11,13,18-19H,3-7H2,1-2H3. The van der Waals surface area contributed by atoms with Gasteiger partial charge >= 0.3 is 0 Å². The molecule has 110 valence electrons. The summed E-state index contributed by atoms with van der Waals surface area (Å²) in [6, 6.07) is 4.28. The molecule has 0 bridgehead atoms. The predicted molar refractivity (Wildman–Crippen MR) is 77.9 cm³/mol. The molecule has 2 rings (SSSR count). The molecule has 1 aromatic carbocycles. The van der Waals surface area contributed by atoms with Crippen LogP contribution in [0.5, 0.6) is 11.5 Å². The smallest absolute Gasteiger partial charge is 0.254 e. The maximum absolute atomic E-state index is 12.4. The van der Waals surface area contributed by atoms with E-state index in [0.717, 1.165) is 18.8 Å². The second-order valence-corrected chi connectivity index (χ2v) is 5.74. The van der Waals surface area contributed by atoms with Crippen LogP contribution in [0, 0.1) is 5.92 Å². The number of phenolic OH excluding ortho intramolecular Hbond substituents is 2. The van der Waals surface area contributed by atoms with E-state index < -0.39 is 0 Å². The van der Waals surface area contributed by atoms with Crippen LogP contribution in [0.3, 0.4) is 0 Å². The Morgan fingerprint density at radius 2 is 1.70 bits per heavy atom. The van der Waals surface area contributed by atoms with Gasteiger partial charge in [-0.05, 0) is 43.7 Å². The minimum Gasteiger partial charge on any atom is -0.508 e. The summed E-state index contributed by atoms with van der Waals surface area (Å²) in [7, 11) is 1.81. The molecule has 0 atom stereocenters. The van der Waals surface area contributed by atoms with E-state index in [9.17, 15) is 15.0 Å². The molecule has 0 saturated heterocycles. The van der Waals surface area contributed by atoms with Crippen molar-refractivity contribution in [2.24, 2.45) is 5.92 Å². The molecular weight excluding hydrogens is 254 g/mol. The second-order valence-electron chi connectivity index (χ2n) is 5.74. The zero-order chi connectivity index (χ0) is 14.7. The largest absolute Gasteiger partial charge is 0.508 e. The monoisotopic (exact) mass is 277 g/mol. The van der Waals surface area contributed by atoms with Crippen molar-refractivity contribution >= 4 is 5.91 Å². The second kappa shape index (κ2) is 6.16. The maximum Gasteiger partial charge on any atom is 0.254 e. The number of phenols is 2. The summed E-state index contributed by atoms with van der Waals surface area (Å²) < 4.78 is 0. The molecule has 0 aromatic heterocycles. The number of amides is 1. The number of carbonyl (C=O) groups is 1. The quantitative estimate of drug-likeness (QED) is 0.892. The van der Waals surface area contributed by atoms with Crippen molar-refractivity contribution in [2.45, 2.75) is 45.1 Å². The Bertz CT molecular complexity index is 458. The lowest BCUT2D eigenvalue weighted by Gasteiger charge is -2.34. The van der Waals surface area contributed by atoms with Crippen LogP contribution in [-0.4, -0.2) is 34.1 Å². The summed E-state index contributed by atoms with van der Waals surface area (Å²) in [5, 5.41) is 18.9. The molecule has 4 heteroatoms. The molecule has 1 saturated carbocycles. The lowest BCUT2D eigenvalue weighted by Crippen LogP contribution is -2.39. The first-order valence-corrected chi connectivity index (χ1v) is 7.31. The molecule has 0 radical (unpaired) electrons. The topological polar surface area (TPSA) is 60.8 Å². The number of nitrogens with zero attached hydrogens (tertiary/aromatic N) is 1. The number of benzene rings is 1. The fourth-order valence-corrected chi connectivity index (χ4v) is 3.03. The van der Waals surface area contributed by atoms with Gasteiger partial charge in [-0.15, -0.1) is 0 Å². The molecule has 1 amide bonds. The van der Waals surface area contributed by atoms with Gasteiger partial charge in [-0.3, -0.25) is 4.79 Å². The molecule has 1 aromatic rings. The summed E-state index contributed by atoms with van der Waals surface area (Å²) in [6.45, 7) is 2.22. The number of hydrogen-bond acceptors (Lipinski definition) is 3. The fourth-order valence-electron chi connectivity index (χ4n) is 3.03. The van der Waals surface area contributed by atoms with Gasteiger partial charge in [0.15, 0.2) is 0 Å². The average Bonchev–Trinajstić information content (AvgIpc) is 2.45. The number of aromatic hydroxyl groups is 2. The Balaban J connectivity index is 2.05. The highest BCUT2D eigenvalue weighted by atomic mass is 16.3. The zero-order valence-corrected chi connectivity index (χ0v) is 12.2. The van der Waals surface area contributed by atoms with Gasteiger partial charge in [-0.25, -0.2) is 0 Å². The van der Waals surface area contributed by atoms with Crippen LogP contribution in [0.2, 0.25) is 0 Å². The van der Waals surface area contributed by atoms with E-state index in [1.165, 1.54) is 37.5 Å². The fraction of sp³-hybridized carbons (Fsp3) is 0.562. The van der Waals surface area contributed by atoms with E-state index >= 15 is 0 Å². The third-order valence-electron chi connectivity index (χ3n) is 4.41. The van der Waals surface area contributed by atoms with Crippen molar-refractivity contribution in [3.8, 4) is 11.5 Å². The Hall–Kier alpha value is -1.71. The van der Waals surface area contributed by atoms with Crippen molar-refractivity contribution in [1.29, 1.82) is 0 Å². The Kier molecular flexibility index (Phi) is 4.53. The van der Waals surface area contributed by atoms with Crippen LogP contribution in [0.1, 0.15) is 49.4 Å². The van der Waals surface area contributed by atoms with E-state index in [0.29, 0.717) is 5.56 Å². The summed E-state index contributed by atoms with van der Waals surface area (Å²) in [6.07, 6.45) is 5.62. The van der Waals surface area contributed by atoms with E-state index in [4.69, 9.17) is 0 Å². The molecule has 0 heterocycles. The predicted octanol–water partition coefficient (Wildman–Crippen LogP) is 3.14. The van der Waals surface area contributed by atoms with E-state index in [-0.39, 0.29) is 23.4 Å². The highest BCUT2D eigenvalue weighted by Gasteiger charge is 2.26. The highest BCUT2D eigenvalue weighted by molar-refractivity contribution is 5.95. The number of hydrogen-bond donors (Lipinski definition) is 2. The number of rotatable bonds is 3. The average molecular weight is 277 g/mol. The van der Waals surface area contributed by atoms with Gasteiger partial charge < -0.3 is 15.1 Å². The Morgan fingerprint density at radius 3 is 2.20 bits per heavy atom. The summed E-state index contributed by atoms with van der Waals surface area (Å²) in [5.41, 5.74) is 0.336. The molecule has 0 unspecified atom stereocenters. The maximum atomic E-state index is 12.4. The first-order valence-electron chi connectivity index (χ1n) is 7.31. The van der Waals surface area contributed by atoms with Gasteiger partial charge in [0.05, 0.1) is 0 Å². The van der Waals surface area contributed by atoms with Gasteiger partial charge in [0.2, 0.25) is 0 Å². The molecule has 0 aliphatic heterocycles. The van der Waals surface area contributed by atoms with Gasteiger partial charge in [0.25, 0.3) is 5.91 Å². The third kappa shape index (κ3) is 3.24. The van der Waals surface area contributed by atoms with E-state index in [2.05, 4.69) is 6.92 Å². The van der Waals surface area contributed by atoms with Gasteiger partial charge in [-0.1, -0.05) is 13.3 Å². The van der Waals surface area contributed by atoms with Crippen molar-refractivity contribution in [2.75, 3.05) is 7.05 Å². The van der Waals surface area contributed by atoms with Gasteiger partial charge in [0, 0.05) is 24.7 Å². The van der Waals surface area contributed by atoms with E-state index in [1.807, 2.05) is 0 Å². The minimum absolute atomic E-state index is 0.0866. The molecule has 4 nitrogen and oxygen atoms in total. The molecule has 0 spiro atoms. The van der Waals surface area contributed by atoms with Crippen LogP contribution in [0.4, 0.5) is 0 Å². The lowest BCUT2D eigenvalue weighted by atomic mass is 9.84. The van der Waals surface area contributed by atoms with Gasteiger partial charge in [-0.2, -0.15) is 0 Å². The molecular formula is C16H23NO3. The number of carbonyl (C=O) groups excluding carboxylic acids is 1. The third-order valence-corrected chi connectivity index (χ3v) is 4.41. The molecule has 1 fully saturated rings. The Morgan fingerprint density at radius 1 is 1.15 bits per heavy atom. The SMILES string of the molecule is CCC1CCC(N(C)C(=O)c2cc(O)cc(O)c2)CC1. The summed E-state index contributed by atoms with van der Waals surface area (Å²) >= 11 is 0. The van der Waals surface area contributed by atoms with Crippen molar-refractivity contribution in [3.05, 3.63) is 23.8 Å². The molecule has 20 heavy (non-hydrogen) atoms. The van der Waals surface area contributed by atoms with Crippen LogP contribution in [0.25, 0.3) is 0 Å². The summed E-state index contributed by atoms with van der Waals surface area (Å²) in [5.74, 6) is 0.476. The highest BCUT2D eigenvalue weighted by Crippen LogP contribution is 2.30. The summed E-state index contributed by atoms with van der Waals surface area (Å²) in [4.78, 5) is 14.2. The van der Waals surface area contributed by atoms with Crippen molar-refractivity contribution < 1.29 is 15.0 Å².